The van der Waals surface area contributed by atoms with Gasteiger partial charge in [0.1, 0.15) is 5.82 Å². The van der Waals surface area contributed by atoms with Crippen molar-refractivity contribution in [2.75, 3.05) is 16.3 Å². The topological polar surface area (TPSA) is 75.3 Å². The molecule has 24 heavy (non-hydrogen) atoms. The normalized spacial score (nSPS) is 11.5. The molecule has 2 N–H and O–H groups in total. The van der Waals surface area contributed by atoms with E-state index in [0.717, 1.165) is 12.3 Å². The molecule has 2 aromatic carbocycles. The molecule has 0 bridgehead atoms. The van der Waals surface area contributed by atoms with Crippen LogP contribution in [0.1, 0.15) is 5.56 Å². The summed E-state index contributed by atoms with van der Waals surface area (Å²) in [6.07, 6.45) is 3.89. The number of sulfonamides is 1. The minimum atomic E-state index is -3.33. The Hall–Kier alpha value is -2.38. The number of anilines is 2. The molecule has 0 saturated heterocycles. The van der Waals surface area contributed by atoms with Crippen molar-refractivity contribution < 1.29 is 17.6 Å². The Balaban J connectivity index is 1.99. The summed E-state index contributed by atoms with van der Waals surface area (Å²) in [5.74, 6) is -1.05. The van der Waals surface area contributed by atoms with Crippen molar-refractivity contribution in [3.63, 3.8) is 0 Å². The van der Waals surface area contributed by atoms with E-state index in [9.17, 15) is 17.6 Å². The molecule has 0 heterocycles. The second-order valence-electron chi connectivity index (χ2n) is 4.95. The molecular weight excluding hydrogens is 355 g/mol. The quantitative estimate of drug-likeness (QED) is 0.793. The van der Waals surface area contributed by atoms with Gasteiger partial charge in [-0.15, -0.1) is 0 Å². The minimum absolute atomic E-state index is 0.0219. The third kappa shape index (κ3) is 5.68. The van der Waals surface area contributed by atoms with Crippen LogP contribution in [0.2, 0.25) is 5.02 Å². The van der Waals surface area contributed by atoms with Gasteiger partial charge in [-0.25, -0.2) is 12.8 Å². The Labute approximate surface area is 144 Å². The molecular formula is C16H14ClFN2O3S. The lowest BCUT2D eigenvalue weighted by Gasteiger charge is -2.04. The molecule has 0 aliphatic heterocycles. The first-order valence-corrected chi connectivity index (χ1v) is 9.02. The third-order valence-corrected chi connectivity index (χ3v) is 3.74. The van der Waals surface area contributed by atoms with Crippen molar-refractivity contribution in [1.29, 1.82) is 0 Å². The summed E-state index contributed by atoms with van der Waals surface area (Å²) >= 11 is 5.57. The first-order valence-electron chi connectivity index (χ1n) is 6.75. The molecule has 2 aromatic rings. The van der Waals surface area contributed by atoms with Gasteiger partial charge in [0.05, 0.1) is 11.3 Å². The van der Waals surface area contributed by atoms with E-state index in [2.05, 4.69) is 10.0 Å². The predicted molar refractivity (Wildman–Crippen MR) is 94.0 cm³/mol. The monoisotopic (exact) mass is 368 g/mol. The molecule has 0 spiro atoms. The zero-order valence-corrected chi connectivity index (χ0v) is 14.2. The Bertz CT molecular complexity index is 881. The highest BCUT2D eigenvalue weighted by Gasteiger charge is 2.03. The first-order chi connectivity index (χ1) is 11.2. The molecule has 0 radical (unpaired) electrons. The van der Waals surface area contributed by atoms with Gasteiger partial charge in [0.2, 0.25) is 15.9 Å². The second kappa shape index (κ2) is 7.46. The summed E-state index contributed by atoms with van der Waals surface area (Å²) < 4.78 is 37.8. The molecule has 5 nitrogen and oxygen atoms in total. The molecule has 1 amide bonds. The number of carbonyl (C=O) groups excluding carboxylic acids is 1. The van der Waals surface area contributed by atoms with Gasteiger partial charge in [-0.1, -0.05) is 23.7 Å². The fourth-order valence-corrected chi connectivity index (χ4v) is 2.49. The molecule has 8 heteroatoms. The molecule has 2 rings (SSSR count). The van der Waals surface area contributed by atoms with Gasteiger partial charge in [-0.2, -0.15) is 0 Å². The largest absolute Gasteiger partial charge is 0.322 e. The maximum absolute atomic E-state index is 13.3. The van der Waals surface area contributed by atoms with Crippen LogP contribution in [-0.2, 0) is 14.8 Å². The van der Waals surface area contributed by atoms with Gasteiger partial charge >= 0.3 is 0 Å². The maximum atomic E-state index is 13.3. The van der Waals surface area contributed by atoms with Crippen LogP contribution in [-0.4, -0.2) is 20.6 Å². The summed E-state index contributed by atoms with van der Waals surface area (Å²) in [7, 11) is -3.33. The highest BCUT2D eigenvalue weighted by molar-refractivity contribution is 7.92. The number of rotatable bonds is 5. The molecule has 0 aliphatic carbocycles. The first kappa shape index (κ1) is 18.0. The highest BCUT2D eigenvalue weighted by Crippen LogP contribution is 2.18. The molecule has 0 saturated carbocycles. The molecule has 0 atom stereocenters. The summed E-state index contributed by atoms with van der Waals surface area (Å²) in [4.78, 5) is 11.8. The Morgan fingerprint density at radius 3 is 2.33 bits per heavy atom. The number of halogens is 2. The lowest BCUT2D eigenvalue weighted by Crippen LogP contribution is -2.09. The van der Waals surface area contributed by atoms with Crippen LogP contribution >= 0.6 is 11.6 Å². The van der Waals surface area contributed by atoms with Crippen LogP contribution in [0.3, 0.4) is 0 Å². The Kier molecular flexibility index (Phi) is 5.58. The van der Waals surface area contributed by atoms with E-state index in [-0.39, 0.29) is 5.02 Å². The van der Waals surface area contributed by atoms with E-state index in [0.29, 0.717) is 16.9 Å². The van der Waals surface area contributed by atoms with Crippen LogP contribution in [0.25, 0.3) is 6.08 Å². The minimum Gasteiger partial charge on any atom is -0.322 e. The molecule has 0 aliphatic rings. The van der Waals surface area contributed by atoms with Crippen LogP contribution in [0.5, 0.6) is 0 Å². The van der Waals surface area contributed by atoms with E-state index in [1.54, 1.807) is 30.3 Å². The maximum Gasteiger partial charge on any atom is 0.248 e. The van der Waals surface area contributed by atoms with Crippen molar-refractivity contribution >= 4 is 45.0 Å². The van der Waals surface area contributed by atoms with Crippen LogP contribution in [0.15, 0.2) is 48.5 Å². The van der Waals surface area contributed by atoms with Gasteiger partial charge < -0.3 is 5.32 Å². The summed E-state index contributed by atoms with van der Waals surface area (Å²) in [6.45, 7) is 0. The average molecular weight is 369 g/mol. The fourth-order valence-electron chi connectivity index (χ4n) is 1.81. The summed E-state index contributed by atoms with van der Waals surface area (Å²) in [6, 6.07) is 10.4. The highest BCUT2D eigenvalue weighted by atomic mass is 35.5. The number of amides is 1. The number of nitrogens with one attached hydrogen (secondary N) is 2. The SMILES string of the molecule is CS(=O)(=O)Nc1ccc(/C=C/C(=O)Nc2ccc(Cl)c(F)c2)cc1. The molecule has 0 aromatic heterocycles. The lowest BCUT2D eigenvalue weighted by atomic mass is 10.2. The van der Waals surface area contributed by atoms with Gasteiger partial charge in [0, 0.05) is 17.5 Å². The lowest BCUT2D eigenvalue weighted by molar-refractivity contribution is -0.111. The van der Waals surface area contributed by atoms with E-state index >= 15 is 0 Å². The Morgan fingerprint density at radius 2 is 1.75 bits per heavy atom. The molecule has 0 fully saturated rings. The second-order valence-corrected chi connectivity index (χ2v) is 7.10. The summed E-state index contributed by atoms with van der Waals surface area (Å²) in [5.41, 5.74) is 1.42. The number of carbonyl (C=O) groups is 1. The zero-order valence-electron chi connectivity index (χ0n) is 12.6. The van der Waals surface area contributed by atoms with Crippen molar-refractivity contribution in [3.8, 4) is 0 Å². The fraction of sp³-hybridized carbons (Fsp3) is 0.0625. The van der Waals surface area contributed by atoms with Gasteiger partial charge in [-0.05, 0) is 42.0 Å². The predicted octanol–water partition coefficient (Wildman–Crippen LogP) is 3.50. The van der Waals surface area contributed by atoms with Gasteiger partial charge in [0.25, 0.3) is 0 Å². The number of hydrogen-bond donors (Lipinski definition) is 2. The summed E-state index contributed by atoms with van der Waals surface area (Å²) in [5, 5.41) is 2.48. The van der Waals surface area contributed by atoms with Gasteiger partial charge in [-0.3, -0.25) is 9.52 Å². The third-order valence-electron chi connectivity index (χ3n) is 2.83. The Morgan fingerprint density at radius 1 is 1.12 bits per heavy atom. The van der Waals surface area contributed by atoms with Crippen LogP contribution < -0.4 is 10.0 Å². The van der Waals surface area contributed by atoms with Gasteiger partial charge in [0.15, 0.2) is 0 Å². The van der Waals surface area contributed by atoms with Crippen LogP contribution in [0, 0.1) is 5.82 Å². The smallest absolute Gasteiger partial charge is 0.248 e. The van der Waals surface area contributed by atoms with Crippen molar-refractivity contribution in [3.05, 3.63) is 64.9 Å². The van der Waals surface area contributed by atoms with E-state index in [1.807, 2.05) is 0 Å². The van der Waals surface area contributed by atoms with E-state index in [4.69, 9.17) is 11.6 Å². The van der Waals surface area contributed by atoms with Crippen molar-refractivity contribution in [2.45, 2.75) is 0 Å². The van der Waals surface area contributed by atoms with Crippen LogP contribution in [0.4, 0.5) is 15.8 Å². The number of hydrogen-bond acceptors (Lipinski definition) is 3. The standard InChI is InChI=1S/C16H14ClFN2O3S/c1-24(22,23)20-12-5-2-11(3-6-12)4-9-16(21)19-13-7-8-14(17)15(18)10-13/h2-10,20H,1H3,(H,19,21)/b9-4+. The zero-order chi connectivity index (χ0) is 17.7. The average Bonchev–Trinajstić information content (AvgIpc) is 2.49. The molecule has 0 unspecified atom stereocenters. The van der Waals surface area contributed by atoms with Crippen molar-refractivity contribution in [2.24, 2.45) is 0 Å². The van der Waals surface area contributed by atoms with E-state index in [1.165, 1.54) is 18.2 Å². The van der Waals surface area contributed by atoms with E-state index < -0.39 is 21.7 Å². The molecule has 126 valence electrons. The number of benzene rings is 2. The van der Waals surface area contributed by atoms with Crippen molar-refractivity contribution in [1.82, 2.24) is 0 Å².